The van der Waals surface area contributed by atoms with Crippen LogP contribution in [0.25, 0.3) is 0 Å². The smallest absolute Gasteiger partial charge is 0.224 e. The second kappa shape index (κ2) is 11.1. The van der Waals surface area contributed by atoms with Crippen molar-refractivity contribution in [3.8, 4) is 0 Å². The number of aryl methyl sites for hydroxylation is 2. The topological polar surface area (TPSA) is 88.0 Å². The van der Waals surface area contributed by atoms with Crippen LogP contribution in [0, 0.1) is 6.92 Å². The van der Waals surface area contributed by atoms with E-state index in [2.05, 4.69) is 50.7 Å². The molecule has 0 bridgehead atoms. The van der Waals surface area contributed by atoms with E-state index in [1.807, 2.05) is 59.1 Å². The number of aromatic nitrogens is 4. The van der Waals surface area contributed by atoms with Crippen LogP contribution in [0.15, 0.2) is 79.6 Å². The largest absolute Gasteiger partial charge is 0.356 e. The third-order valence-electron chi connectivity index (χ3n) is 5.45. The molecule has 8 nitrogen and oxygen atoms in total. The molecule has 0 atom stereocenters. The molecule has 4 rings (SSSR count). The summed E-state index contributed by atoms with van der Waals surface area (Å²) in [7, 11) is 1.98. The first-order valence-electron chi connectivity index (χ1n) is 11.3. The van der Waals surface area contributed by atoms with Crippen molar-refractivity contribution >= 4 is 28.9 Å². The van der Waals surface area contributed by atoms with Crippen molar-refractivity contribution in [2.75, 3.05) is 23.8 Å². The van der Waals surface area contributed by atoms with Gasteiger partial charge < -0.3 is 20.1 Å². The van der Waals surface area contributed by atoms with Gasteiger partial charge in [-0.25, -0.2) is 15.0 Å². The lowest BCUT2D eigenvalue weighted by Crippen LogP contribution is -2.26. The van der Waals surface area contributed by atoms with Crippen molar-refractivity contribution in [1.82, 2.24) is 24.8 Å². The molecule has 0 aliphatic rings. The zero-order chi connectivity index (χ0) is 23.8. The van der Waals surface area contributed by atoms with Gasteiger partial charge in [-0.15, -0.1) is 0 Å². The highest BCUT2D eigenvalue weighted by Gasteiger charge is 2.08. The molecule has 2 N–H and O–H groups in total. The Morgan fingerprint density at radius 3 is 2.71 bits per heavy atom. The summed E-state index contributed by atoms with van der Waals surface area (Å²) in [6.45, 7) is 3.55. The average Bonchev–Trinajstić information content (AvgIpc) is 3.36. The quantitative estimate of drug-likeness (QED) is 0.348. The molecule has 0 unspecified atom stereocenters. The van der Waals surface area contributed by atoms with E-state index in [0.717, 1.165) is 35.7 Å². The Labute approximate surface area is 199 Å². The summed E-state index contributed by atoms with van der Waals surface area (Å²) in [6, 6.07) is 18.0. The SMILES string of the molecule is Cc1cccc(N(C)c2cc(Nc3ccc(CC(=O)NCCCn4ccnc4)cc3)ncn2)c1. The predicted molar refractivity (Wildman–Crippen MR) is 135 cm³/mol. The standard InChI is InChI=1S/C26H29N7O/c1-20-5-3-6-23(15-20)32(2)25-17-24(29-18-30-25)31-22-9-7-21(8-10-22)16-26(34)28-11-4-13-33-14-12-27-19-33/h3,5-10,12,14-15,17-19H,4,11,13,16H2,1-2H3,(H,28,34)(H,29,30,31). The van der Waals surface area contributed by atoms with E-state index in [4.69, 9.17) is 0 Å². The lowest BCUT2D eigenvalue weighted by atomic mass is 10.1. The second-order valence-corrected chi connectivity index (χ2v) is 8.16. The minimum absolute atomic E-state index is 0.0194. The molecule has 8 heteroatoms. The van der Waals surface area contributed by atoms with Gasteiger partial charge in [0.15, 0.2) is 0 Å². The van der Waals surface area contributed by atoms with E-state index in [1.165, 1.54) is 5.56 Å². The van der Waals surface area contributed by atoms with E-state index in [9.17, 15) is 4.79 Å². The Morgan fingerprint density at radius 2 is 1.94 bits per heavy atom. The number of rotatable bonds is 10. The zero-order valence-corrected chi connectivity index (χ0v) is 19.5. The molecule has 1 amide bonds. The van der Waals surface area contributed by atoms with Crippen LogP contribution in [0.1, 0.15) is 17.5 Å². The maximum atomic E-state index is 12.2. The number of amides is 1. The first kappa shape index (κ1) is 23.0. The van der Waals surface area contributed by atoms with Crippen LogP contribution in [-0.4, -0.2) is 39.0 Å². The lowest BCUT2D eigenvalue weighted by Gasteiger charge is -2.19. The molecule has 2 aromatic carbocycles. The number of nitrogens with zero attached hydrogens (tertiary/aromatic N) is 5. The van der Waals surface area contributed by atoms with Crippen molar-refractivity contribution in [1.29, 1.82) is 0 Å². The summed E-state index contributed by atoms with van der Waals surface area (Å²) in [6.07, 6.45) is 8.22. The van der Waals surface area contributed by atoms with Gasteiger partial charge in [-0.05, 0) is 48.7 Å². The van der Waals surface area contributed by atoms with Crippen molar-refractivity contribution in [3.05, 3.63) is 90.8 Å². The molecule has 0 aliphatic heterocycles. The van der Waals surface area contributed by atoms with Crippen LogP contribution in [0.5, 0.6) is 0 Å². The van der Waals surface area contributed by atoms with E-state index >= 15 is 0 Å². The minimum Gasteiger partial charge on any atom is -0.356 e. The van der Waals surface area contributed by atoms with Crippen LogP contribution in [0.2, 0.25) is 0 Å². The Balaban J connectivity index is 1.28. The maximum Gasteiger partial charge on any atom is 0.224 e. The highest BCUT2D eigenvalue weighted by molar-refractivity contribution is 5.78. The molecule has 0 radical (unpaired) electrons. The highest BCUT2D eigenvalue weighted by Crippen LogP contribution is 2.24. The number of carbonyl (C=O) groups is 1. The monoisotopic (exact) mass is 455 g/mol. The lowest BCUT2D eigenvalue weighted by molar-refractivity contribution is -0.120. The van der Waals surface area contributed by atoms with Crippen LogP contribution in [0.4, 0.5) is 23.0 Å². The van der Waals surface area contributed by atoms with E-state index in [1.54, 1.807) is 18.9 Å². The van der Waals surface area contributed by atoms with Crippen LogP contribution >= 0.6 is 0 Å². The number of anilines is 4. The summed E-state index contributed by atoms with van der Waals surface area (Å²) in [5.41, 5.74) is 4.11. The summed E-state index contributed by atoms with van der Waals surface area (Å²) >= 11 is 0. The normalized spacial score (nSPS) is 10.6. The Bertz CT molecular complexity index is 1210. The summed E-state index contributed by atoms with van der Waals surface area (Å²) in [4.78, 5) is 27.0. The Hall–Kier alpha value is -4.20. The number of nitrogens with one attached hydrogen (secondary N) is 2. The van der Waals surface area contributed by atoms with E-state index < -0.39 is 0 Å². The fourth-order valence-corrected chi connectivity index (χ4v) is 3.58. The minimum atomic E-state index is 0.0194. The van der Waals surface area contributed by atoms with Crippen molar-refractivity contribution in [2.45, 2.75) is 26.3 Å². The highest BCUT2D eigenvalue weighted by atomic mass is 16.1. The zero-order valence-electron chi connectivity index (χ0n) is 19.5. The van der Waals surface area contributed by atoms with Gasteiger partial charge in [0.05, 0.1) is 12.7 Å². The van der Waals surface area contributed by atoms with E-state index in [-0.39, 0.29) is 5.91 Å². The number of hydrogen-bond donors (Lipinski definition) is 2. The fraction of sp³-hybridized carbons (Fsp3) is 0.231. The van der Waals surface area contributed by atoms with Gasteiger partial charge in [0.2, 0.25) is 5.91 Å². The van der Waals surface area contributed by atoms with Crippen LogP contribution < -0.4 is 15.5 Å². The van der Waals surface area contributed by atoms with Gasteiger partial charge in [0.1, 0.15) is 18.0 Å². The summed E-state index contributed by atoms with van der Waals surface area (Å²) < 4.78 is 2.00. The van der Waals surface area contributed by atoms with Gasteiger partial charge in [0.25, 0.3) is 0 Å². The van der Waals surface area contributed by atoms with Gasteiger partial charge in [-0.3, -0.25) is 4.79 Å². The molecular formula is C26H29N7O. The average molecular weight is 456 g/mol. The molecule has 0 fully saturated rings. The van der Waals surface area contributed by atoms with Crippen LogP contribution in [0.3, 0.4) is 0 Å². The molecule has 2 heterocycles. The molecular weight excluding hydrogens is 426 g/mol. The number of benzene rings is 2. The van der Waals surface area contributed by atoms with Crippen molar-refractivity contribution in [2.24, 2.45) is 0 Å². The van der Waals surface area contributed by atoms with Gasteiger partial charge >= 0.3 is 0 Å². The molecule has 0 saturated heterocycles. The predicted octanol–water partition coefficient (Wildman–Crippen LogP) is 4.24. The summed E-state index contributed by atoms with van der Waals surface area (Å²) in [5, 5.41) is 6.28. The van der Waals surface area contributed by atoms with Gasteiger partial charge in [-0.2, -0.15) is 0 Å². The van der Waals surface area contributed by atoms with Gasteiger partial charge in [-0.1, -0.05) is 24.3 Å². The summed E-state index contributed by atoms with van der Waals surface area (Å²) in [5.74, 6) is 1.52. The second-order valence-electron chi connectivity index (χ2n) is 8.16. The molecule has 4 aromatic rings. The first-order chi connectivity index (χ1) is 16.6. The van der Waals surface area contributed by atoms with Crippen LogP contribution in [-0.2, 0) is 17.8 Å². The molecule has 174 valence electrons. The molecule has 2 aromatic heterocycles. The molecule has 0 spiro atoms. The van der Waals surface area contributed by atoms with Crippen molar-refractivity contribution < 1.29 is 4.79 Å². The van der Waals surface area contributed by atoms with Gasteiger partial charge in [0, 0.05) is 50.0 Å². The van der Waals surface area contributed by atoms with Crippen molar-refractivity contribution in [3.63, 3.8) is 0 Å². The Kier molecular flexibility index (Phi) is 7.49. The third kappa shape index (κ3) is 6.41. The maximum absolute atomic E-state index is 12.2. The van der Waals surface area contributed by atoms with E-state index in [0.29, 0.717) is 18.8 Å². The molecule has 34 heavy (non-hydrogen) atoms. The molecule has 0 aliphatic carbocycles. The number of imidazole rings is 1. The first-order valence-corrected chi connectivity index (χ1v) is 11.3. The third-order valence-corrected chi connectivity index (χ3v) is 5.45. The number of hydrogen-bond acceptors (Lipinski definition) is 6. The molecule has 0 saturated carbocycles. The Morgan fingerprint density at radius 1 is 1.09 bits per heavy atom. The number of carbonyl (C=O) groups excluding carboxylic acids is 1. The fourth-order valence-electron chi connectivity index (χ4n) is 3.58.